The van der Waals surface area contributed by atoms with Gasteiger partial charge < -0.3 is 9.47 Å². The van der Waals surface area contributed by atoms with E-state index >= 15 is 0 Å². The normalized spacial score (nSPS) is 48.5. The van der Waals surface area contributed by atoms with Crippen LogP contribution in [0.3, 0.4) is 0 Å². The molecule has 3 nitrogen and oxygen atoms in total. The Balaban J connectivity index is 1.12. The van der Waals surface area contributed by atoms with Crippen LogP contribution in [0.4, 0.5) is 0 Å². The van der Waals surface area contributed by atoms with E-state index in [1.165, 1.54) is 57.8 Å². The van der Waals surface area contributed by atoms with Gasteiger partial charge in [0.25, 0.3) is 0 Å². The molecule has 1 heterocycles. The lowest BCUT2D eigenvalue weighted by atomic mass is 9.32. The van der Waals surface area contributed by atoms with Crippen LogP contribution in [0.25, 0.3) is 6.08 Å². The summed E-state index contributed by atoms with van der Waals surface area (Å²) in [5.74, 6) is 2.66. The third-order valence-corrected chi connectivity index (χ3v) is 15.3. The Morgan fingerprint density at radius 1 is 0.762 bits per heavy atom. The number of ether oxygens (including phenoxy) is 2. The summed E-state index contributed by atoms with van der Waals surface area (Å²) in [6.07, 6.45) is 16.9. The van der Waals surface area contributed by atoms with Crippen molar-refractivity contribution in [3.8, 4) is 0 Å². The van der Waals surface area contributed by atoms with Gasteiger partial charge in [-0.3, -0.25) is 0 Å². The monoisotopic (exact) mass is 572 g/mol. The fourth-order valence-corrected chi connectivity index (χ4v) is 13.4. The number of fused-ring (bicyclic) bond motifs is 5. The first kappa shape index (κ1) is 29.1. The molecule has 0 unspecified atom stereocenters. The van der Waals surface area contributed by atoms with E-state index in [4.69, 9.17) is 9.47 Å². The second-order valence-electron chi connectivity index (χ2n) is 17.9. The third kappa shape index (κ3) is 3.96. The molecular formula is C39H56O3. The minimum absolute atomic E-state index is 0.0199. The Morgan fingerprint density at radius 3 is 2.14 bits per heavy atom. The summed E-state index contributed by atoms with van der Waals surface area (Å²) in [6, 6.07) is 10.0. The average molecular weight is 573 g/mol. The standard InChI is InChI=1S/C39H56O3/c1-34(2)23-24-39-22-17-29-37(6)19-15-27-35(3,4)30(42-31(40)14-13-26-11-9-8-10-12-26)18-21-36(27,5)28(37)16-20-38(29,7)32(39)33(34)41-25-39/h8-14,27-30,32-33H,15-25H2,1-7H3/t27-,28-,29+,30-,32+,33-,36+,37-,38+,39+/m1/s1. The molecule has 2 bridgehead atoms. The number of carbonyl (C=O) groups excluding carboxylic acids is 1. The zero-order chi connectivity index (χ0) is 29.8. The molecule has 0 aromatic heterocycles. The van der Waals surface area contributed by atoms with Crippen LogP contribution in [0.5, 0.6) is 0 Å². The predicted molar refractivity (Wildman–Crippen MR) is 170 cm³/mol. The molecule has 230 valence electrons. The number of esters is 1. The summed E-state index contributed by atoms with van der Waals surface area (Å²) in [6.45, 7) is 18.9. The summed E-state index contributed by atoms with van der Waals surface area (Å²) >= 11 is 0. The molecule has 6 fully saturated rings. The van der Waals surface area contributed by atoms with E-state index in [2.05, 4.69) is 48.5 Å². The van der Waals surface area contributed by atoms with Gasteiger partial charge in [-0.2, -0.15) is 0 Å². The summed E-state index contributed by atoms with van der Waals surface area (Å²) < 4.78 is 13.0. The molecule has 0 N–H and O–H groups in total. The topological polar surface area (TPSA) is 35.5 Å². The SMILES string of the molecule is CC1(C)CC[C@]23CC[C@H]4[C@]5(C)CC[C@@H]6C(C)(C)[C@H](OC(=O)C=Cc7ccccc7)CC[C@]6(C)[C@H]5CC[C@]4(C)[C@@H]2[C@H]1OC3. The van der Waals surface area contributed by atoms with Crippen LogP contribution in [0.2, 0.25) is 0 Å². The molecule has 0 spiro atoms. The summed E-state index contributed by atoms with van der Waals surface area (Å²) in [7, 11) is 0. The first-order valence-corrected chi connectivity index (χ1v) is 17.3. The van der Waals surface area contributed by atoms with E-state index in [9.17, 15) is 4.79 Å². The number of benzene rings is 1. The zero-order valence-electron chi connectivity index (χ0n) is 27.5. The van der Waals surface area contributed by atoms with Gasteiger partial charge in [0.2, 0.25) is 0 Å². The highest BCUT2D eigenvalue weighted by Crippen LogP contribution is 2.77. The molecule has 1 saturated heterocycles. The molecule has 10 atom stereocenters. The molecule has 5 aliphatic carbocycles. The summed E-state index contributed by atoms with van der Waals surface area (Å²) in [5, 5.41) is 0. The van der Waals surface area contributed by atoms with Crippen molar-refractivity contribution in [2.45, 2.75) is 125 Å². The van der Waals surface area contributed by atoms with Crippen molar-refractivity contribution >= 4 is 12.0 Å². The smallest absolute Gasteiger partial charge is 0.331 e. The number of hydrogen-bond donors (Lipinski definition) is 0. The minimum Gasteiger partial charge on any atom is -0.459 e. The van der Waals surface area contributed by atoms with E-state index in [0.29, 0.717) is 39.1 Å². The lowest BCUT2D eigenvalue weighted by molar-refractivity contribution is -0.246. The first-order valence-electron chi connectivity index (χ1n) is 17.3. The lowest BCUT2D eigenvalue weighted by Crippen LogP contribution is -2.67. The summed E-state index contributed by atoms with van der Waals surface area (Å²) in [4.78, 5) is 13.0. The highest BCUT2D eigenvalue weighted by atomic mass is 16.5. The van der Waals surface area contributed by atoms with Crippen LogP contribution in [0, 0.1) is 56.2 Å². The molecular weight excluding hydrogens is 516 g/mol. The largest absolute Gasteiger partial charge is 0.459 e. The van der Waals surface area contributed by atoms with Gasteiger partial charge in [0.15, 0.2) is 0 Å². The highest BCUT2D eigenvalue weighted by molar-refractivity contribution is 5.87. The van der Waals surface area contributed by atoms with Crippen LogP contribution in [0.15, 0.2) is 36.4 Å². The minimum atomic E-state index is -0.196. The van der Waals surface area contributed by atoms with Gasteiger partial charge in [-0.05, 0) is 127 Å². The van der Waals surface area contributed by atoms with Crippen molar-refractivity contribution in [1.82, 2.24) is 0 Å². The zero-order valence-corrected chi connectivity index (χ0v) is 27.5. The molecule has 7 rings (SSSR count). The van der Waals surface area contributed by atoms with Gasteiger partial charge in [-0.15, -0.1) is 0 Å². The van der Waals surface area contributed by atoms with Gasteiger partial charge in [-0.1, -0.05) is 78.8 Å². The fraction of sp³-hybridized carbons (Fsp3) is 0.769. The van der Waals surface area contributed by atoms with Gasteiger partial charge in [0.05, 0.1) is 12.7 Å². The van der Waals surface area contributed by atoms with Crippen LogP contribution in [0.1, 0.15) is 118 Å². The van der Waals surface area contributed by atoms with Crippen LogP contribution < -0.4 is 0 Å². The highest BCUT2D eigenvalue weighted by Gasteiger charge is 2.72. The molecule has 0 radical (unpaired) electrons. The van der Waals surface area contributed by atoms with E-state index in [1.54, 1.807) is 6.08 Å². The molecule has 42 heavy (non-hydrogen) atoms. The van der Waals surface area contributed by atoms with Gasteiger partial charge in [-0.25, -0.2) is 4.79 Å². The number of hydrogen-bond acceptors (Lipinski definition) is 3. The van der Waals surface area contributed by atoms with Crippen LogP contribution in [-0.4, -0.2) is 24.8 Å². The van der Waals surface area contributed by atoms with Crippen molar-refractivity contribution < 1.29 is 14.3 Å². The van der Waals surface area contributed by atoms with Crippen molar-refractivity contribution in [2.75, 3.05) is 6.61 Å². The Morgan fingerprint density at radius 2 is 1.38 bits per heavy atom. The second kappa shape index (κ2) is 9.45. The molecule has 6 aliphatic rings. The van der Waals surface area contributed by atoms with Gasteiger partial charge >= 0.3 is 5.97 Å². The molecule has 1 aromatic carbocycles. The van der Waals surface area contributed by atoms with E-state index in [0.717, 1.165) is 36.3 Å². The van der Waals surface area contributed by atoms with Crippen molar-refractivity contribution in [2.24, 2.45) is 56.2 Å². The van der Waals surface area contributed by atoms with E-state index in [1.807, 2.05) is 36.4 Å². The predicted octanol–water partition coefficient (Wildman–Crippen LogP) is 9.50. The maximum atomic E-state index is 13.0. The van der Waals surface area contributed by atoms with Gasteiger partial charge in [0, 0.05) is 11.5 Å². The first-order chi connectivity index (χ1) is 19.8. The Hall–Kier alpha value is -1.61. The quantitative estimate of drug-likeness (QED) is 0.267. The molecule has 0 amide bonds. The second-order valence-corrected chi connectivity index (χ2v) is 17.9. The number of rotatable bonds is 3. The molecule has 1 aliphatic heterocycles. The molecule has 5 saturated carbocycles. The summed E-state index contributed by atoms with van der Waals surface area (Å²) in [5.41, 5.74) is 2.82. The van der Waals surface area contributed by atoms with Crippen LogP contribution >= 0.6 is 0 Å². The van der Waals surface area contributed by atoms with Crippen molar-refractivity contribution in [3.05, 3.63) is 42.0 Å². The maximum Gasteiger partial charge on any atom is 0.331 e. The Kier molecular flexibility index (Phi) is 6.55. The molecule has 3 heteroatoms. The average Bonchev–Trinajstić information content (AvgIpc) is 3.30. The third-order valence-electron chi connectivity index (χ3n) is 15.3. The number of carbonyl (C=O) groups is 1. The fourth-order valence-electron chi connectivity index (χ4n) is 13.4. The van der Waals surface area contributed by atoms with Crippen molar-refractivity contribution in [1.29, 1.82) is 0 Å². The van der Waals surface area contributed by atoms with Gasteiger partial charge in [0.1, 0.15) is 6.10 Å². The Bertz CT molecular complexity index is 1250. The Labute approximate surface area is 255 Å². The maximum absolute atomic E-state index is 13.0. The lowest BCUT2D eigenvalue weighted by Gasteiger charge is -2.72. The van der Waals surface area contributed by atoms with Crippen LogP contribution in [-0.2, 0) is 14.3 Å². The molecule has 1 aromatic rings. The van der Waals surface area contributed by atoms with E-state index in [-0.39, 0.29) is 17.5 Å². The van der Waals surface area contributed by atoms with E-state index < -0.39 is 0 Å². The van der Waals surface area contributed by atoms with Crippen molar-refractivity contribution in [3.63, 3.8) is 0 Å².